The number of anilines is 1. The maximum atomic E-state index is 12.4. The summed E-state index contributed by atoms with van der Waals surface area (Å²) >= 11 is 0. The van der Waals surface area contributed by atoms with Crippen LogP contribution < -0.4 is 14.8 Å². The van der Waals surface area contributed by atoms with Gasteiger partial charge in [0.15, 0.2) is 0 Å². The van der Waals surface area contributed by atoms with Crippen molar-refractivity contribution in [1.29, 1.82) is 0 Å². The van der Waals surface area contributed by atoms with Crippen molar-refractivity contribution in [1.82, 2.24) is 15.0 Å². The predicted molar refractivity (Wildman–Crippen MR) is 84.8 cm³/mol. The second-order valence-electron chi connectivity index (χ2n) is 4.62. The van der Waals surface area contributed by atoms with Crippen molar-refractivity contribution in [2.45, 2.75) is 0 Å². The Morgan fingerprint density at radius 2 is 1.87 bits per heavy atom. The number of pyridine rings is 1. The van der Waals surface area contributed by atoms with E-state index in [2.05, 4.69) is 20.3 Å². The van der Waals surface area contributed by atoms with Gasteiger partial charge >= 0.3 is 6.01 Å². The van der Waals surface area contributed by atoms with Gasteiger partial charge in [-0.25, -0.2) is 9.97 Å². The summed E-state index contributed by atoms with van der Waals surface area (Å²) in [6.07, 6.45) is 1.42. The van der Waals surface area contributed by atoms with E-state index in [1.807, 2.05) is 30.3 Å². The van der Waals surface area contributed by atoms with Crippen LogP contribution in [0.2, 0.25) is 0 Å². The van der Waals surface area contributed by atoms with Crippen LogP contribution in [-0.2, 0) is 0 Å². The van der Waals surface area contributed by atoms with Crippen LogP contribution >= 0.6 is 0 Å². The molecule has 0 bridgehead atoms. The summed E-state index contributed by atoms with van der Waals surface area (Å²) in [4.78, 5) is 24.7. The molecule has 2 aromatic heterocycles. The van der Waals surface area contributed by atoms with Gasteiger partial charge in [-0.1, -0.05) is 24.3 Å². The van der Waals surface area contributed by atoms with Crippen molar-refractivity contribution in [2.24, 2.45) is 0 Å². The van der Waals surface area contributed by atoms with E-state index < -0.39 is 0 Å². The van der Waals surface area contributed by atoms with E-state index >= 15 is 0 Å². The highest BCUT2D eigenvalue weighted by Gasteiger charge is 2.14. The molecule has 116 valence electrons. The molecule has 1 N–H and O–H groups in total. The molecule has 2 heterocycles. The first-order valence-corrected chi connectivity index (χ1v) is 6.83. The van der Waals surface area contributed by atoms with Crippen LogP contribution in [0.3, 0.4) is 0 Å². The summed E-state index contributed by atoms with van der Waals surface area (Å²) in [7, 11) is 2.90. The molecule has 1 amide bonds. The Morgan fingerprint density at radius 1 is 1.04 bits per heavy atom. The Bertz CT molecular complexity index is 867. The molecule has 3 aromatic rings. The number of carbonyl (C=O) groups excluding carboxylic acids is 1. The number of rotatable bonds is 4. The first-order valence-electron chi connectivity index (χ1n) is 6.83. The quantitative estimate of drug-likeness (QED) is 0.795. The van der Waals surface area contributed by atoms with Crippen molar-refractivity contribution in [3.05, 3.63) is 48.3 Å². The van der Waals surface area contributed by atoms with Crippen LogP contribution in [0.15, 0.2) is 42.6 Å². The Hall–Kier alpha value is -3.22. The molecule has 0 radical (unpaired) electrons. The van der Waals surface area contributed by atoms with Crippen molar-refractivity contribution in [2.75, 3.05) is 19.5 Å². The molecular formula is C16H14N4O3. The molecule has 0 saturated carbocycles. The topological polar surface area (TPSA) is 86.2 Å². The second-order valence-corrected chi connectivity index (χ2v) is 4.62. The fourth-order valence-corrected chi connectivity index (χ4v) is 2.07. The third-order valence-corrected chi connectivity index (χ3v) is 3.19. The van der Waals surface area contributed by atoms with Gasteiger partial charge in [0.05, 0.1) is 25.9 Å². The largest absolute Gasteiger partial charge is 0.479 e. The molecule has 0 aliphatic rings. The number of benzene rings is 1. The van der Waals surface area contributed by atoms with Gasteiger partial charge in [-0.15, -0.1) is 0 Å². The molecule has 7 heteroatoms. The lowest BCUT2D eigenvalue weighted by Crippen LogP contribution is -2.15. The fraction of sp³-hybridized carbons (Fsp3) is 0.125. The van der Waals surface area contributed by atoms with Crippen molar-refractivity contribution >= 4 is 22.5 Å². The van der Waals surface area contributed by atoms with E-state index in [1.54, 1.807) is 6.07 Å². The molecule has 7 nitrogen and oxygen atoms in total. The summed E-state index contributed by atoms with van der Waals surface area (Å²) in [5.41, 5.74) is 1.38. The van der Waals surface area contributed by atoms with Crippen molar-refractivity contribution in [3.8, 4) is 11.9 Å². The number of nitrogens with one attached hydrogen (secondary N) is 1. The average Bonchev–Trinajstić information content (AvgIpc) is 2.61. The number of nitrogens with zero attached hydrogens (tertiary/aromatic N) is 3. The van der Waals surface area contributed by atoms with Crippen LogP contribution in [-0.4, -0.2) is 35.1 Å². The summed E-state index contributed by atoms with van der Waals surface area (Å²) in [5.74, 6) is -0.159. The molecule has 0 unspecified atom stereocenters. The monoisotopic (exact) mass is 310 g/mol. The van der Waals surface area contributed by atoms with Crippen LogP contribution in [0.25, 0.3) is 10.9 Å². The lowest BCUT2D eigenvalue weighted by Gasteiger charge is -2.09. The predicted octanol–water partition coefficient (Wildman–Crippen LogP) is 2.29. The van der Waals surface area contributed by atoms with E-state index in [0.29, 0.717) is 11.4 Å². The third-order valence-electron chi connectivity index (χ3n) is 3.19. The van der Waals surface area contributed by atoms with Gasteiger partial charge in [-0.05, 0) is 12.1 Å². The first-order chi connectivity index (χ1) is 11.2. The van der Waals surface area contributed by atoms with Crippen LogP contribution in [0, 0.1) is 0 Å². The number of aromatic nitrogens is 3. The zero-order valence-corrected chi connectivity index (χ0v) is 12.6. The van der Waals surface area contributed by atoms with Gasteiger partial charge in [0.1, 0.15) is 11.4 Å². The normalized spacial score (nSPS) is 10.3. The highest BCUT2D eigenvalue weighted by molar-refractivity contribution is 6.04. The Morgan fingerprint density at radius 3 is 2.65 bits per heavy atom. The highest BCUT2D eigenvalue weighted by atomic mass is 16.5. The molecule has 1 aromatic carbocycles. The minimum absolute atomic E-state index is 0.156. The van der Waals surface area contributed by atoms with Crippen molar-refractivity contribution in [3.63, 3.8) is 0 Å². The molecule has 0 aliphatic carbocycles. The zero-order valence-electron chi connectivity index (χ0n) is 12.6. The first kappa shape index (κ1) is 14.7. The second kappa shape index (κ2) is 6.27. The van der Waals surface area contributed by atoms with E-state index in [1.165, 1.54) is 20.4 Å². The van der Waals surface area contributed by atoms with Gasteiger partial charge < -0.3 is 14.8 Å². The van der Waals surface area contributed by atoms with Crippen LogP contribution in [0.1, 0.15) is 10.5 Å². The lowest BCUT2D eigenvalue weighted by atomic mass is 10.2. The zero-order chi connectivity index (χ0) is 16.2. The minimum Gasteiger partial charge on any atom is -0.479 e. The number of amides is 1. The number of ether oxygens (including phenoxy) is 2. The highest BCUT2D eigenvalue weighted by Crippen LogP contribution is 2.23. The van der Waals surface area contributed by atoms with Crippen LogP contribution in [0.5, 0.6) is 11.9 Å². The fourth-order valence-electron chi connectivity index (χ4n) is 2.07. The van der Waals surface area contributed by atoms with Gasteiger partial charge in [0.2, 0.25) is 5.88 Å². The third kappa shape index (κ3) is 3.03. The average molecular weight is 310 g/mol. The number of carbonyl (C=O) groups is 1. The maximum Gasteiger partial charge on any atom is 0.319 e. The minimum atomic E-state index is -0.372. The van der Waals surface area contributed by atoms with Gasteiger partial charge in [0, 0.05) is 5.39 Å². The number of methoxy groups -OCH3 is 2. The smallest absolute Gasteiger partial charge is 0.319 e. The van der Waals surface area contributed by atoms with Gasteiger partial charge in [-0.3, -0.25) is 4.79 Å². The number of hydrogen-bond acceptors (Lipinski definition) is 6. The summed E-state index contributed by atoms with van der Waals surface area (Å²) in [5, 5.41) is 3.65. The molecular weight excluding hydrogens is 296 g/mol. The molecule has 0 spiro atoms. The Kier molecular flexibility index (Phi) is 4.01. The summed E-state index contributed by atoms with van der Waals surface area (Å²) < 4.78 is 10.1. The van der Waals surface area contributed by atoms with E-state index in [-0.39, 0.29) is 17.8 Å². The molecule has 23 heavy (non-hydrogen) atoms. The number of hydrogen-bond donors (Lipinski definition) is 1. The number of para-hydroxylation sites is 1. The van der Waals surface area contributed by atoms with E-state index in [9.17, 15) is 4.79 Å². The SMILES string of the molecule is COc1ncc(NC(=O)c2ccc3ccccc3n2)c(OC)n1. The van der Waals surface area contributed by atoms with Gasteiger partial charge in [-0.2, -0.15) is 4.98 Å². The lowest BCUT2D eigenvalue weighted by molar-refractivity contribution is 0.102. The molecule has 0 saturated heterocycles. The maximum absolute atomic E-state index is 12.4. The molecule has 0 aliphatic heterocycles. The summed E-state index contributed by atoms with van der Waals surface area (Å²) in [6, 6.07) is 11.2. The van der Waals surface area contributed by atoms with E-state index in [0.717, 1.165) is 10.9 Å². The standard InChI is InChI=1S/C16H14N4O3/c1-22-15-13(9-17-16(20-15)23-2)19-14(21)12-8-7-10-5-3-4-6-11(10)18-12/h3-9H,1-2H3,(H,19,21). The van der Waals surface area contributed by atoms with E-state index in [4.69, 9.17) is 9.47 Å². The molecule has 0 atom stereocenters. The Labute approximate surface area is 132 Å². The van der Waals surface area contributed by atoms with Gasteiger partial charge in [0.25, 0.3) is 5.91 Å². The van der Waals surface area contributed by atoms with Crippen molar-refractivity contribution < 1.29 is 14.3 Å². The number of fused-ring (bicyclic) bond motifs is 1. The van der Waals surface area contributed by atoms with Crippen LogP contribution in [0.4, 0.5) is 5.69 Å². The Balaban J connectivity index is 1.88. The molecule has 0 fully saturated rings. The summed E-state index contributed by atoms with van der Waals surface area (Å²) in [6.45, 7) is 0. The molecule has 3 rings (SSSR count).